The molecule has 0 bridgehead atoms. The lowest BCUT2D eigenvalue weighted by Crippen LogP contribution is -2.58. The number of hydrogen-bond acceptors (Lipinski definition) is 5. The van der Waals surface area contributed by atoms with Crippen LogP contribution in [-0.2, 0) is 9.59 Å². The van der Waals surface area contributed by atoms with Crippen LogP contribution in [0.15, 0.2) is 30.3 Å². The summed E-state index contributed by atoms with van der Waals surface area (Å²) in [6.45, 7) is 9.58. The zero-order valence-electron chi connectivity index (χ0n) is 27.0. The quantitative estimate of drug-likeness (QED) is 0.372. The number of phenols is 1. The van der Waals surface area contributed by atoms with Gasteiger partial charge in [0.05, 0.1) is 12.2 Å². The summed E-state index contributed by atoms with van der Waals surface area (Å²) < 4.78 is 0. The molecule has 1 heterocycles. The summed E-state index contributed by atoms with van der Waals surface area (Å²) in [6.07, 6.45) is 12.8. The predicted octanol–water partition coefficient (Wildman–Crippen LogP) is 5.48. The van der Waals surface area contributed by atoms with Crippen LogP contribution in [-0.4, -0.2) is 75.3 Å². The Morgan fingerprint density at radius 1 is 0.909 bits per heavy atom. The number of aliphatic hydroxyl groups excluding tert-OH is 2. The predicted molar refractivity (Wildman–Crippen MR) is 171 cm³/mol. The van der Waals surface area contributed by atoms with Crippen LogP contribution in [0, 0.1) is 46.3 Å². The number of aromatic hydroxyl groups is 1. The SMILES string of the molecule is C[C@H](CCC(=O)N1CCN(C(=O)/C=C/c2ccc(O)cc2)CC1)[C@H]1CC[C@H]2[C@@H]3[C@@H](O)C[C@@H]4C[C@H](O)CC[C@]4(C)[C@H]3CC[C@]12C. The van der Waals surface area contributed by atoms with Crippen molar-refractivity contribution in [3.63, 3.8) is 0 Å². The van der Waals surface area contributed by atoms with Crippen molar-refractivity contribution in [2.45, 2.75) is 97.2 Å². The van der Waals surface area contributed by atoms with Gasteiger partial charge in [-0.15, -0.1) is 0 Å². The second kappa shape index (κ2) is 12.4. The molecule has 7 heteroatoms. The lowest BCUT2D eigenvalue weighted by Gasteiger charge is -2.62. The Balaban J connectivity index is 0.999. The monoisotopic (exact) mass is 606 g/mol. The van der Waals surface area contributed by atoms with Gasteiger partial charge in [0.2, 0.25) is 11.8 Å². The summed E-state index contributed by atoms with van der Waals surface area (Å²) in [7, 11) is 0. The maximum atomic E-state index is 13.3. The summed E-state index contributed by atoms with van der Waals surface area (Å²) in [5.41, 5.74) is 1.33. The van der Waals surface area contributed by atoms with Crippen molar-refractivity contribution < 1.29 is 24.9 Å². The highest BCUT2D eigenvalue weighted by Gasteiger charge is 2.62. The molecule has 242 valence electrons. The molecule has 44 heavy (non-hydrogen) atoms. The molecule has 10 atom stereocenters. The molecule has 0 spiro atoms. The van der Waals surface area contributed by atoms with Crippen LogP contribution in [0.25, 0.3) is 6.08 Å². The number of benzene rings is 1. The fourth-order valence-corrected chi connectivity index (χ4v) is 10.9. The number of hydrogen-bond donors (Lipinski definition) is 3. The highest BCUT2D eigenvalue weighted by Crippen LogP contribution is 2.68. The lowest BCUT2D eigenvalue weighted by molar-refractivity contribution is -0.174. The van der Waals surface area contributed by atoms with Crippen LogP contribution in [0.3, 0.4) is 0 Å². The van der Waals surface area contributed by atoms with E-state index in [9.17, 15) is 24.9 Å². The Morgan fingerprint density at radius 3 is 2.30 bits per heavy atom. The summed E-state index contributed by atoms with van der Waals surface area (Å²) in [5.74, 6) is 3.33. The van der Waals surface area contributed by atoms with Crippen LogP contribution in [0.5, 0.6) is 5.75 Å². The summed E-state index contributed by atoms with van der Waals surface area (Å²) in [6, 6.07) is 6.74. The van der Waals surface area contributed by atoms with E-state index in [-0.39, 0.29) is 40.6 Å². The van der Waals surface area contributed by atoms with Gasteiger partial charge in [0.15, 0.2) is 0 Å². The molecule has 4 aliphatic carbocycles. The number of rotatable bonds is 6. The average Bonchev–Trinajstić information content (AvgIpc) is 3.37. The zero-order valence-corrected chi connectivity index (χ0v) is 27.0. The van der Waals surface area contributed by atoms with Crippen molar-refractivity contribution in [3.05, 3.63) is 35.9 Å². The third kappa shape index (κ3) is 5.84. The first kappa shape index (κ1) is 31.6. The average molecular weight is 607 g/mol. The highest BCUT2D eigenvalue weighted by atomic mass is 16.3. The van der Waals surface area contributed by atoms with Gasteiger partial charge in [-0.05, 0) is 128 Å². The molecular formula is C37H54N2O5. The van der Waals surface area contributed by atoms with E-state index in [0.717, 1.165) is 37.7 Å². The van der Waals surface area contributed by atoms with Crippen molar-refractivity contribution in [1.29, 1.82) is 0 Å². The van der Waals surface area contributed by atoms with Crippen LogP contribution < -0.4 is 0 Å². The third-order valence-electron chi connectivity index (χ3n) is 13.5. The Labute approximate surface area is 263 Å². The molecule has 5 aliphatic rings. The first-order valence-electron chi connectivity index (χ1n) is 17.4. The summed E-state index contributed by atoms with van der Waals surface area (Å²) in [4.78, 5) is 29.7. The van der Waals surface area contributed by atoms with E-state index in [4.69, 9.17) is 0 Å². The fraction of sp³-hybridized carbons (Fsp3) is 0.730. The number of piperazine rings is 1. The van der Waals surface area contributed by atoms with Gasteiger partial charge in [0.25, 0.3) is 0 Å². The van der Waals surface area contributed by atoms with Gasteiger partial charge >= 0.3 is 0 Å². The van der Waals surface area contributed by atoms with Gasteiger partial charge in [-0.1, -0.05) is 32.9 Å². The van der Waals surface area contributed by atoms with Gasteiger partial charge < -0.3 is 25.1 Å². The Hall–Kier alpha value is -2.38. The van der Waals surface area contributed by atoms with Crippen LogP contribution in [0.1, 0.15) is 90.5 Å². The lowest BCUT2D eigenvalue weighted by atomic mass is 9.43. The number of amides is 2. The molecule has 7 nitrogen and oxygen atoms in total. The van der Waals surface area contributed by atoms with Crippen molar-refractivity contribution in [1.82, 2.24) is 9.80 Å². The molecule has 1 aromatic carbocycles. The minimum Gasteiger partial charge on any atom is -0.508 e. The second-order valence-electron chi connectivity index (χ2n) is 15.6. The number of nitrogens with zero attached hydrogens (tertiary/aromatic N) is 2. The first-order chi connectivity index (χ1) is 21.0. The molecule has 2 amide bonds. The van der Waals surface area contributed by atoms with Gasteiger partial charge in [-0.25, -0.2) is 0 Å². The Kier molecular flexibility index (Phi) is 8.93. The maximum Gasteiger partial charge on any atom is 0.246 e. The molecular weight excluding hydrogens is 552 g/mol. The molecule has 5 fully saturated rings. The number of fused-ring (bicyclic) bond motifs is 5. The van der Waals surface area contributed by atoms with E-state index in [2.05, 4.69) is 20.8 Å². The molecule has 6 rings (SSSR count). The van der Waals surface area contributed by atoms with Crippen LogP contribution in [0.2, 0.25) is 0 Å². The smallest absolute Gasteiger partial charge is 0.246 e. The van der Waals surface area contributed by atoms with E-state index < -0.39 is 0 Å². The van der Waals surface area contributed by atoms with Crippen molar-refractivity contribution in [3.8, 4) is 5.75 Å². The van der Waals surface area contributed by atoms with Crippen molar-refractivity contribution in [2.24, 2.45) is 46.3 Å². The Bertz CT molecular complexity index is 1220. The largest absolute Gasteiger partial charge is 0.508 e. The highest BCUT2D eigenvalue weighted by molar-refractivity contribution is 5.92. The standard InChI is InChI=1S/C37H54N2O5/c1-24(4-12-33(43)38-18-20-39(21-19-38)34(44)13-7-25-5-8-27(40)9-6-25)29-10-11-30-35-31(15-17-37(29,30)3)36(2)16-14-28(41)22-26(36)23-32(35)42/h5-9,13,24,26,28-32,35,40-42H,4,10-12,14-23H2,1-3H3/b13-7+/t24-,26+,28-,29-,30+,31+,32+,35+,36+,37-/m1/s1. The van der Waals surface area contributed by atoms with Gasteiger partial charge in [0, 0.05) is 38.7 Å². The van der Waals surface area contributed by atoms with Gasteiger partial charge in [-0.3, -0.25) is 9.59 Å². The van der Waals surface area contributed by atoms with Crippen molar-refractivity contribution in [2.75, 3.05) is 26.2 Å². The first-order valence-corrected chi connectivity index (χ1v) is 17.4. The maximum absolute atomic E-state index is 13.3. The fourth-order valence-electron chi connectivity index (χ4n) is 10.9. The van der Waals surface area contributed by atoms with Crippen LogP contribution in [0.4, 0.5) is 0 Å². The minimum atomic E-state index is -0.252. The summed E-state index contributed by atoms with van der Waals surface area (Å²) in [5, 5.41) is 31.3. The number of carbonyl (C=O) groups excluding carboxylic acids is 2. The minimum absolute atomic E-state index is 0.0498. The molecule has 4 saturated carbocycles. The Morgan fingerprint density at radius 2 is 1.57 bits per heavy atom. The molecule has 1 aliphatic heterocycles. The second-order valence-corrected chi connectivity index (χ2v) is 15.6. The molecule has 1 aromatic rings. The van der Waals surface area contributed by atoms with Gasteiger partial charge in [-0.2, -0.15) is 0 Å². The number of aliphatic hydroxyl groups is 2. The van der Waals surface area contributed by atoms with E-state index in [0.29, 0.717) is 68.1 Å². The molecule has 0 unspecified atom stereocenters. The van der Waals surface area contributed by atoms with E-state index >= 15 is 0 Å². The summed E-state index contributed by atoms with van der Waals surface area (Å²) >= 11 is 0. The third-order valence-corrected chi connectivity index (χ3v) is 13.5. The molecule has 0 aromatic heterocycles. The van der Waals surface area contributed by atoms with Gasteiger partial charge in [0.1, 0.15) is 5.75 Å². The topological polar surface area (TPSA) is 101 Å². The van der Waals surface area contributed by atoms with Crippen LogP contribution >= 0.6 is 0 Å². The number of phenolic OH excluding ortho intramolecular Hbond substituents is 1. The van der Waals surface area contributed by atoms with E-state index in [1.807, 2.05) is 4.90 Å². The van der Waals surface area contributed by atoms with E-state index in [1.54, 1.807) is 41.3 Å². The van der Waals surface area contributed by atoms with E-state index in [1.165, 1.54) is 25.7 Å². The zero-order chi connectivity index (χ0) is 31.2. The number of carbonyl (C=O) groups is 2. The van der Waals surface area contributed by atoms with Crippen molar-refractivity contribution >= 4 is 17.9 Å². The molecule has 0 radical (unpaired) electrons. The normalized spacial score (nSPS) is 39.4. The molecule has 3 N–H and O–H groups in total. The molecule has 1 saturated heterocycles.